The van der Waals surface area contributed by atoms with Crippen molar-refractivity contribution >= 4 is 0 Å². The van der Waals surface area contributed by atoms with Crippen LogP contribution in [0.15, 0.2) is 0 Å². The molecule has 1 rings (SSSR count). The molecule has 2 atom stereocenters. The summed E-state index contributed by atoms with van der Waals surface area (Å²) in [6.07, 6.45) is 0.395. The summed E-state index contributed by atoms with van der Waals surface area (Å²) >= 11 is 0. The van der Waals surface area contributed by atoms with Crippen molar-refractivity contribution in [1.82, 2.24) is 10.2 Å². The van der Waals surface area contributed by atoms with Gasteiger partial charge in [0.15, 0.2) is 0 Å². The van der Waals surface area contributed by atoms with Crippen LogP contribution in [0.4, 0.5) is 0 Å². The van der Waals surface area contributed by atoms with E-state index in [2.05, 4.69) is 37.9 Å². The molecule has 1 saturated heterocycles. The Morgan fingerprint density at radius 2 is 2.13 bits per heavy atom. The summed E-state index contributed by atoms with van der Waals surface area (Å²) in [6.45, 7) is 14.2. The van der Waals surface area contributed by atoms with E-state index >= 15 is 0 Å². The Kier molecular flexibility index (Phi) is 5.58. The van der Waals surface area contributed by atoms with E-state index in [4.69, 9.17) is 4.74 Å². The van der Waals surface area contributed by atoms with Gasteiger partial charge in [-0.15, -0.1) is 0 Å². The standard InChI is InChI=1S/C12H26N2O/c1-10(2)7-13-5-6-14-8-12(4)15-9-11(14)3/h10-13H,5-9H2,1-4H3. The molecule has 1 aliphatic heterocycles. The summed E-state index contributed by atoms with van der Waals surface area (Å²) in [5, 5.41) is 3.49. The fourth-order valence-corrected chi connectivity index (χ4v) is 1.90. The van der Waals surface area contributed by atoms with Gasteiger partial charge in [0.25, 0.3) is 0 Å². The van der Waals surface area contributed by atoms with Gasteiger partial charge in [0.2, 0.25) is 0 Å². The molecule has 0 aromatic heterocycles. The number of nitrogens with one attached hydrogen (secondary N) is 1. The highest BCUT2D eigenvalue weighted by Gasteiger charge is 2.22. The van der Waals surface area contributed by atoms with E-state index in [1.807, 2.05) is 0 Å². The maximum atomic E-state index is 5.60. The van der Waals surface area contributed by atoms with Crippen molar-refractivity contribution in [2.24, 2.45) is 5.92 Å². The third-order valence-corrected chi connectivity index (χ3v) is 2.87. The van der Waals surface area contributed by atoms with E-state index in [0.717, 1.165) is 38.7 Å². The first-order chi connectivity index (χ1) is 7.09. The van der Waals surface area contributed by atoms with Crippen molar-refractivity contribution < 1.29 is 4.74 Å². The van der Waals surface area contributed by atoms with Crippen molar-refractivity contribution in [3.63, 3.8) is 0 Å². The molecule has 0 aliphatic carbocycles. The SMILES string of the molecule is CC(C)CNCCN1CC(C)OCC1C. The maximum absolute atomic E-state index is 5.60. The van der Waals surface area contributed by atoms with Gasteiger partial charge in [-0.2, -0.15) is 0 Å². The predicted octanol–water partition coefficient (Wildman–Crippen LogP) is 1.34. The lowest BCUT2D eigenvalue weighted by molar-refractivity contribution is -0.0486. The minimum absolute atomic E-state index is 0.395. The van der Waals surface area contributed by atoms with Crippen LogP contribution in [0.5, 0.6) is 0 Å². The van der Waals surface area contributed by atoms with Gasteiger partial charge in [-0.05, 0) is 26.3 Å². The molecule has 90 valence electrons. The van der Waals surface area contributed by atoms with Crippen LogP contribution in [0, 0.1) is 5.92 Å². The lowest BCUT2D eigenvalue weighted by atomic mass is 10.2. The maximum Gasteiger partial charge on any atom is 0.0674 e. The Morgan fingerprint density at radius 1 is 1.40 bits per heavy atom. The Hall–Kier alpha value is -0.120. The summed E-state index contributed by atoms with van der Waals surface area (Å²) in [5.41, 5.74) is 0. The predicted molar refractivity (Wildman–Crippen MR) is 64.2 cm³/mol. The van der Waals surface area contributed by atoms with Crippen LogP contribution in [0.2, 0.25) is 0 Å². The zero-order valence-electron chi connectivity index (χ0n) is 10.6. The van der Waals surface area contributed by atoms with Gasteiger partial charge in [-0.25, -0.2) is 0 Å². The van der Waals surface area contributed by atoms with E-state index in [0.29, 0.717) is 12.1 Å². The second-order valence-corrected chi connectivity index (χ2v) is 5.09. The van der Waals surface area contributed by atoms with Crippen LogP contribution in [-0.4, -0.2) is 49.8 Å². The van der Waals surface area contributed by atoms with Crippen molar-refractivity contribution in [2.75, 3.05) is 32.8 Å². The van der Waals surface area contributed by atoms with E-state index in [1.165, 1.54) is 0 Å². The van der Waals surface area contributed by atoms with Gasteiger partial charge in [-0.1, -0.05) is 13.8 Å². The molecule has 0 aromatic carbocycles. The van der Waals surface area contributed by atoms with Crippen LogP contribution in [0.1, 0.15) is 27.7 Å². The smallest absolute Gasteiger partial charge is 0.0674 e. The minimum atomic E-state index is 0.395. The topological polar surface area (TPSA) is 24.5 Å². The first-order valence-electron chi connectivity index (χ1n) is 6.16. The highest BCUT2D eigenvalue weighted by atomic mass is 16.5. The molecule has 3 heteroatoms. The van der Waals surface area contributed by atoms with Crippen molar-refractivity contribution in [3.05, 3.63) is 0 Å². The van der Waals surface area contributed by atoms with Crippen molar-refractivity contribution in [3.8, 4) is 0 Å². The lowest BCUT2D eigenvalue weighted by Crippen LogP contribution is -2.49. The molecule has 3 nitrogen and oxygen atoms in total. The van der Waals surface area contributed by atoms with Gasteiger partial charge in [0, 0.05) is 25.7 Å². The number of rotatable bonds is 5. The summed E-state index contributed by atoms with van der Waals surface area (Å²) < 4.78 is 5.60. The highest BCUT2D eigenvalue weighted by Crippen LogP contribution is 2.10. The normalized spacial score (nSPS) is 28.6. The summed E-state index contributed by atoms with van der Waals surface area (Å²) in [6, 6.07) is 0.571. The van der Waals surface area contributed by atoms with Gasteiger partial charge in [-0.3, -0.25) is 4.90 Å². The minimum Gasteiger partial charge on any atom is -0.376 e. The molecule has 1 heterocycles. The van der Waals surface area contributed by atoms with E-state index in [1.54, 1.807) is 0 Å². The molecule has 15 heavy (non-hydrogen) atoms. The number of hydrogen-bond acceptors (Lipinski definition) is 3. The monoisotopic (exact) mass is 214 g/mol. The van der Waals surface area contributed by atoms with Crippen LogP contribution >= 0.6 is 0 Å². The molecule has 1 fully saturated rings. The largest absolute Gasteiger partial charge is 0.376 e. The lowest BCUT2D eigenvalue weighted by Gasteiger charge is -2.36. The second-order valence-electron chi connectivity index (χ2n) is 5.09. The van der Waals surface area contributed by atoms with E-state index < -0.39 is 0 Å². The average Bonchev–Trinajstić information content (AvgIpc) is 2.17. The Balaban J connectivity index is 2.13. The third kappa shape index (κ3) is 4.96. The first-order valence-corrected chi connectivity index (χ1v) is 6.16. The molecule has 0 aromatic rings. The van der Waals surface area contributed by atoms with Gasteiger partial charge in [0.05, 0.1) is 12.7 Å². The fraction of sp³-hybridized carbons (Fsp3) is 1.00. The Morgan fingerprint density at radius 3 is 2.80 bits per heavy atom. The zero-order chi connectivity index (χ0) is 11.3. The van der Waals surface area contributed by atoms with Crippen LogP contribution in [-0.2, 0) is 4.74 Å². The van der Waals surface area contributed by atoms with Crippen LogP contribution in [0.25, 0.3) is 0 Å². The Labute approximate surface area is 94.2 Å². The molecule has 0 spiro atoms. The molecular formula is C12H26N2O. The summed E-state index contributed by atoms with van der Waals surface area (Å²) in [5.74, 6) is 0.742. The molecule has 0 amide bonds. The second kappa shape index (κ2) is 6.46. The zero-order valence-corrected chi connectivity index (χ0v) is 10.6. The first kappa shape index (κ1) is 12.9. The number of ether oxygens (including phenoxy) is 1. The molecule has 0 saturated carbocycles. The third-order valence-electron chi connectivity index (χ3n) is 2.87. The molecule has 0 radical (unpaired) electrons. The van der Waals surface area contributed by atoms with Gasteiger partial charge in [0.1, 0.15) is 0 Å². The average molecular weight is 214 g/mol. The summed E-state index contributed by atoms with van der Waals surface area (Å²) in [4.78, 5) is 2.52. The molecule has 1 N–H and O–H groups in total. The van der Waals surface area contributed by atoms with E-state index in [-0.39, 0.29) is 0 Å². The highest BCUT2D eigenvalue weighted by molar-refractivity contribution is 4.75. The molecule has 1 aliphatic rings. The number of morpholine rings is 1. The number of nitrogens with zero attached hydrogens (tertiary/aromatic N) is 1. The van der Waals surface area contributed by atoms with Crippen molar-refractivity contribution in [1.29, 1.82) is 0 Å². The quantitative estimate of drug-likeness (QED) is 0.699. The van der Waals surface area contributed by atoms with E-state index in [9.17, 15) is 0 Å². The molecule has 2 unspecified atom stereocenters. The number of hydrogen-bond donors (Lipinski definition) is 1. The fourth-order valence-electron chi connectivity index (χ4n) is 1.90. The van der Waals surface area contributed by atoms with Gasteiger partial charge < -0.3 is 10.1 Å². The Bertz CT molecular complexity index is 173. The summed E-state index contributed by atoms with van der Waals surface area (Å²) in [7, 11) is 0. The molecular weight excluding hydrogens is 188 g/mol. The van der Waals surface area contributed by atoms with Crippen LogP contribution < -0.4 is 5.32 Å². The molecule has 0 bridgehead atoms. The van der Waals surface area contributed by atoms with Gasteiger partial charge >= 0.3 is 0 Å². The van der Waals surface area contributed by atoms with Crippen molar-refractivity contribution in [2.45, 2.75) is 39.8 Å². The van der Waals surface area contributed by atoms with Crippen LogP contribution in [0.3, 0.4) is 0 Å².